The van der Waals surface area contributed by atoms with Crippen molar-refractivity contribution in [3.63, 3.8) is 0 Å². The van der Waals surface area contributed by atoms with Crippen molar-refractivity contribution in [1.29, 1.82) is 0 Å². The van der Waals surface area contributed by atoms with E-state index in [0.29, 0.717) is 0 Å². The van der Waals surface area contributed by atoms with Crippen LogP contribution in [0.25, 0.3) is 0 Å². The Balaban J connectivity index is 2.05. The number of anilines is 1. The van der Waals surface area contributed by atoms with Crippen LogP contribution in [0, 0.1) is 6.92 Å². The lowest BCUT2D eigenvalue weighted by Gasteiger charge is -2.35. The van der Waals surface area contributed by atoms with Gasteiger partial charge in [0.1, 0.15) is 0 Å². The molecule has 3 nitrogen and oxygen atoms in total. The van der Waals surface area contributed by atoms with E-state index in [9.17, 15) is 4.79 Å². The average Bonchev–Trinajstić information content (AvgIpc) is 2.92. The molecule has 1 aliphatic heterocycles. The SMILES string of the molecule is CCCCN(CCCC)CC1(Cc2ccccc2)C(=O)N(C)c2ccc(C)cc21. The molecule has 1 atom stereocenters. The van der Waals surface area contributed by atoms with E-state index in [1.54, 1.807) is 0 Å². The van der Waals surface area contributed by atoms with E-state index >= 15 is 0 Å². The molecule has 0 saturated heterocycles. The molecule has 29 heavy (non-hydrogen) atoms. The smallest absolute Gasteiger partial charge is 0.239 e. The first kappa shape index (κ1) is 21.6. The molecule has 156 valence electrons. The highest BCUT2D eigenvalue weighted by Gasteiger charge is 2.50. The number of carbonyl (C=O) groups is 1. The van der Waals surface area contributed by atoms with Gasteiger partial charge in [-0.15, -0.1) is 0 Å². The summed E-state index contributed by atoms with van der Waals surface area (Å²) < 4.78 is 0. The zero-order valence-electron chi connectivity index (χ0n) is 18.6. The second-order valence-corrected chi connectivity index (χ2v) is 8.61. The van der Waals surface area contributed by atoms with Gasteiger partial charge in [-0.2, -0.15) is 0 Å². The first-order chi connectivity index (χ1) is 14.0. The average molecular weight is 393 g/mol. The Morgan fingerprint density at radius 1 is 0.966 bits per heavy atom. The maximum Gasteiger partial charge on any atom is 0.239 e. The van der Waals surface area contributed by atoms with Gasteiger partial charge >= 0.3 is 0 Å². The van der Waals surface area contributed by atoms with Gasteiger partial charge in [-0.1, -0.05) is 74.7 Å². The van der Waals surface area contributed by atoms with Crippen LogP contribution in [0.15, 0.2) is 48.5 Å². The van der Waals surface area contributed by atoms with E-state index in [-0.39, 0.29) is 5.91 Å². The Morgan fingerprint density at radius 2 is 1.62 bits per heavy atom. The number of likely N-dealkylation sites (N-methyl/N-ethyl adjacent to an activating group) is 1. The zero-order chi connectivity index (χ0) is 20.9. The third-order valence-corrected chi connectivity index (χ3v) is 6.24. The van der Waals surface area contributed by atoms with Crippen LogP contribution in [0.5, 0.6) is 0 Å². The first-order valence-corrected chi connectivity index (χ1v) is 11.2. The predicted octanol–water partition coefficient (Wildman–Crippen LogP) is 5.35. The number of rotatable bonds is 10. The third-order valence-electron chi connectivity index (χ3n) is 6.24. The Morgan fingerprint density at radius 3 is 2.24 bits per heavy atom. The molecule has 1 heterocycles. The Bertz CT molecular complexity index is 809. The summed E-state index contributed by atoms with van der Waals surface area (Å²) in [4.78, 5) is 18.2. The van der Waals surface area contributed by atoms with Crippen molar-refractivity contribution >= 4 is 11.6 Å². The molecule has 0 spiro atoms. The number of hydrogen-bond donors (Lipinski definition) is 0. The third kappa shape index (κ3) is 4.56. The van der Waals surface area contributed by atoms with Crippen LogP contribution in [-0.2, 0) is 16.6 Å². The van der Waals surface area contributed by atoms with Crippen molar-refractivity contribution in [2.24, 2.45) is 0 Å². The summed E-state index contributed by atoms with van der Waals surface area (Å²) in [7, 11) is 1.94. The number of aryl methyl sites for hydroxylation is 1. The van der Waals surface area contributed by atoms with Gasteiger partial charge in [-0.05, 0) is 56.5 Å². The lowest BCUT2D eigenvalue weighted by atomic mass is 9.75. The summed E-state index contributed by atoms with van der Waals surface area (Å²) in [6.45, 7) is 9.52. The van der Waals surface area contributed by atoms with E-state index in [0.717, 1.165) is 31.7 Å². The van der Waals surface area contributed by atoms with Gasteiger partial charge in [0.25, 0.3) is 0 Å². The molecule has 0 bridgehead atoms. The second-order valence-electron chi connectivity index (χ2n) is 8.61. The maximum absolute atomic E-state index is 13.8. The number of hydrogen-bond acceptors (Lipinski definition) is 2. The maximum atomic E-state index is 13.8. The molecular weight excluding hydrogens is 356 g/mol. The molecule has 1 unspecified atom stereocenters. The second kappa shape index (κ2) is 9.58. The fraction of sp³-hybridized carbons (Fsp3) is 0.500. The number of benzene rings is 2. The molecule has 0 radical (unpaired) electrons. The highest BCUT2D eigenvalue weighted by atomic mass is 16.2. The molecule has 0 N–H and O–H groups in total. The summed E-state index contributed by atoms with van der Waals surface area (Å²) in [6, 6.07) is 17.0. The number of amides is 1. The van der Waals surface area contributed by atoms with E-state index in [1.807, 2.05) is 18.0 Å². The summed E-state index contributed by atoms with van der Waals surface area (Å²) in [5.41, 5.74) is 4.21. The van der Waals surface area contributed by atoms with Gasteiger partial charge in [-0.3, -0.25) is 4.79 Å². The topological polar surface area (TPSA) is 23.6 Å². The first-order valence-electron chi connectivity index (χ1n) is 11.2. The van der Waals surface area contributed by atoms with Crippen molar-refractivity contribution in [3.05, 3.63) is 65.2 Å². The summed E-state index contributed by atoms with van der Waals surface area (Å²) >= 11 is 0. The monoisotopic (exact) mass is 392 g/mol. The van der Waals surface area contributed by atoms with E-state index < -0.39 is 5.41 Å². The van der Waals surface area contributed by atoms with Crippen LogP contribution in [-0.4, -0.2) is 37.5 Å². The molecule has 0 aromatic heterocycles. The van der Waals surface area contributed by atoms with E-state index in [2.05, 4.69) is 68.1 Å². The minimum Gasteiger partial charge on any atom is -0.314 e. The minimum atomic E-state index is -0.515. The lowest BCUT2D eigenvalue weighted by molar-refractivity contribution is -0.123. The van der Waals surface area contributed by atoms with Crippen molar-refractivity contribution in [2.45, 2.75) is 58.3 Å². The van der Waals surface area contributed by atoms with Gasteiger partial charge in [0.05, 0.1) is 5.41 Å². The van der Waals surface area contributed by atoms with Crippen LogP contribution < -0.4 is 4.90 Å². The largest absolute Gasteiger partial charge is 0.314 e. The van der Waals surface area contributed by atoms with Gasteiger partial charge in [0.2, 0.25) is 5.91 Å². The van der Waals surface area contributed by atoms with Crippen LogP contribution in [0.1, 0.15) is 56.2 Å². The highest BCUT2D eigenvalue weighted by Crippen LogP contribution is 2.44. The molecule has 2 aromatic rings. The number of fused-ring (bicyclic) bond motifs is 1. The molecule has 1 aliphatic rings. The molecule has 2 aromatic carbocycles. The van der Waals surface area contributed by atoms with Gasteiger partial charge in [0, 0.05) is 19.3 Å². The molecule has 1 amide bonds. The molecular formula is C26H36N2O. The van der Waals surface area contributed by atoms with Crippen LogP contribution in [0.2, 0.25) is 0 Å². The molecule has 3 heteroatoms. The highest BCUT2D eigenvalue weighted by molar-refractivity contribution is 6.08. The fourth-order valence-corrected chi connectivity index (χ4v) is 4.61. The standard InChI is InChI=1S/C26H36N2O/c1-5-7-16-28(17-8-6-2)20-26(19-22-12-10-9-11-13-22)23-18-21(3)14-15-24(23)27(4)25(26)29/h9-15,18H,5-8,16-17,19-20H2,1-4H3. The summed E-state index contributed by atoms with van der Waals surface area (Å²) in [5.74, 6) is 0.236. The van der Waals surface area contributed by atoms with E-state index in [1.165, 1.54) is 42.4 Å². The van der Waals surface area contributed by atoms with Crippen molar-refractivity contribution in [2.75, 3.05) is 31.6 Å². The predicted molar refractivity (Wildman–Crippen MR) is 123 cm³/mol. The molecule has 0 saturated carbocycles. The molecule has 0 fully saturated rings. The Labute approximate surface area is 176 Å². The lowest BCUT2D eigenvalue weighted by Crippen LogP contribution is -2.49. The van der Waals surface area contributed by atoms with Crippen molar-refractivity contribution in [3.8, 4) is 0 Å². The molecule has 0 aliphatic carbocycles. The van der Waals surface area contributed by atoms with Gasteiger partial charge in [0.15, 0.2) is 0 Å². The zero-order valence-corrected chi connectivity index (χ0v) is 18.6. The summed E-state index contributed by atoms with van der Waals surface area (Å²) in [6.07, 6.45) is 5.46. The fourth-order valence-electron chi connectivity index (χ4n) is 4.61. The van der Waals surface area contributed by atoms with Crippen LogP contribution in [0.3, 0.4) is 0 Å². The van der Waals surface area contributed by atoms with Gasteiger partial charge < -0.3 is 9.80 Å². The normalized spacial score (nSPS) is 18.5. The van der Waals surface area contributed by atoms with Crippen LogP contribution >= 0.6 is 0 Å². The van der Waals surface area contributed by atoms with Crippen molar-refractivity contribution < 1.29 is 4.79 Å². The summed E-state index contributed by atoms with van der Waals surface area (Å²) in [5, 5.41) is 0. The Kier molecular flexibility index (Phi) is 7.13. The number of carbonyl (C=O) groups excluding carboxylic acids is 1. The van der Waals surface area contributed by atoms with E-state index in [4.69, 9.17) is 0 Å². The number of unbranched alkanes of at least 4 members (excludes halogenated alkanes) is 2. The number of nitrogens with zero attached hydrogens (tertiary/aromatic N) is 2. The van der Waals surface area contributed by atoms with Crippen LogP contribution in [0.4, 0.5) is 5.69 Å². The van der Waals surface area contributed by atoms with Gasteiger partial charge in [-0.25, -0.2) is 0 Å². The quantitative estimate of drug-likeness (QED) is 0.544. The van der Waals surface area contributed by atoms with Crippen molar-refractivity contribution in [1.82, 2.24) is 4.90 Å². The molecule has 3 rings (SSSR count). The minimum absolute atomic E-state index is 0.236. The Hall–Kier alpha value is -2.13.